The maximum absolute atomic E-state index is 12.9. The summed E-state index contributed by atoms with van der Waals surface area (Å²) in [6.45, 7) is 6.55. The summed E-state index contributed by atoms with van der Waals surface area (Å²) >= 11 is 0. The minimum absolute atomic E-state index is 0.130. The topological polar surface area (TPSA) is 32.3 Å². The molecule has 2 atom stereocenters. The highest BCUT2D eigenvalue weighted by molar-refractivity contribution is 5.86. The van der Waals surface area contributed by atoms with Crippen LogP contribution < -0.4 is 5.32 Å². The summed E-state index contributed by atoms with van der Waals surface area (Å²) in [6.07, 6.45) is 5.19. The average molecular weight is 314 g/mol. The molecule has 3 nitrogen and oxygen atoms in total. The zero-order valence-electron chi connectivity index (χ0n) is 14.8. The molecular formula is C20H30N2O. The van der Waals surface area contributed by atoms with Crippen LogP contribution in [0.15, 0.2) is 24.3 Å². The van der Waals surface area contributed by atoms with Crippen molar-refractivity contribution in [3.8, 4) is 0 Å². The lowest BCUT2D eigenvalue weighted by molar-refractivity contribution is -0.127. The van der Waals surface area contributed by atoms with Crippen LogP contribution in [-0.4, -0.2) is 37.0 Å². The van der Waals surface area contributed by atoms with Crippen molar-refractivity contribution < 1.29 is 4.79 Å². The van der Waals surface area contributed by atoms with Gasteiger partial charge >= 0.3 is 0 Å². The Labute approximate surface area is 140 Å². The quantitative estimate of drug-likeness (QED) is 0.905. The Hall–Kier alpha value is -1.35. The van der Waals surface area contributed by atoms with Gasteiger partial charge in [-0.3, -0.25) is 4.79 Å². The number of aryl methyl sites for hydroxylation is 1. The van der Waals surface area contributed by atoms with Gasteiger partial charge in [0.2, 0.25) is 5.91 Å². The number of hydrogen-bond acceptors (Lipinski definition) is 2. The highest BCUT2D eigenvalue weighted by atomic mass is 16.2. The number of nitrogens with one attached hydrogen (secondary N) is 1. The predicted octanol–water partition coefficient (Wildman–Crippen LogP) is 3.16. The molecule has 1 aliphatic carbocycles. The van der Waals surface area contributed by atoms with Crippen molar-refractivity contribution in [2.75, 3.05) is 20.1 Å². The number of hydrogen-bond donors (Lipinski definition) is 1. The van der Waals surface area contributed by atoms with Gasteiger partial charge in [0.05, 0.1) is 5.41 Å². The lowest BCUT2D eigenvalue weighted by atomic mass is 9.88. The number of amides is 1. The molecule has 2 aliphatic rings. The lowest BCUT2D eigenvalue weighted by Crippen LogP contribution is -2.51. The molecule has 2 fully saturated rings. The first-order valence-corrected chi connectivity index (χ1v) is 9.07. The van der Waals surface area contributed by atoms with E-state index in [-0.39, 0.29) is 5.41 Å². The Morgan fingerprint density at radius 1 is 1.39 bits per heavy atom. The summed E-state index contributed by atoms with van der Waals surface area (Å²) in [6, 6.07) is 8.96. The number of carbonyl (C=O) groups is 1. The average Bonchev–Trinajstić information content (AvgIpc) is 3.30. The number of carbonyl (C=O) groups excluding carboxylic acids is 1. The molecule has 3 rings (SSSR count). The van der Waals surface area contributed by atoms with Crippen LogP contribution in [0, 0.1) is 18.3 Å². The maximum atomic E-state index is 12.9. The minimum Gasteiger partial charge on any atom is -0.353 e. The van der Waals surface area contributed by atoms with Gasteiger partial charge in [0, 0.05) is 12.6 Å². The van der Waals surface area contributed by atoms with E-state index >= 15 is 0 Å². The fourth-order valence-electron chi connectivity index (χ4n) is 3.99. The first-order valence-electron chi connectivity index (χ1n) is 9.07. The van der Waals surface area contributed by atoms with Crippen molar-refractivity contribution in [3.05, 3.63) is 35.4 Å². The molecule has 1 saturated carbocycles. The third kappa shape index (κ3) is 3.77. The van der Waals surface area contributed by atoms with Gasteiger partial charge < -0.3 is 10.2 Å². The zero-order valence-corrected chi connectivity index (χ0v) is 14.8. The first kappa shape index (κ1) is 16.5. The second-order valence-corrected chi connectivity index (χ2v) is 7.75. The summed E-state index contributed by atoms with van der Waals surface area (Å²) in [5.41, 5.74) is 2.45. The normalized spacial score (nSPS) is 26.7. The monoisotopic (exact) mass is 314 g/mol. The smallest absolute Gasteiger partial charge is 0.226 e. The van der Waals surface area contributed by atoms with Crippen molar-refractivity contribution in [1.29, 1.82) is 0 Å². The lowest BCUT2D eigenvalue weighted by Gasteiger charge is -2.37. The Morgan fingerprint density at radius 2 is 2.17 bits per heavy atom. The SMILES string of the molecule is CC[C@@H]1CN(C)CC[C@H]1NC(=O)C1(Cc2cccc(C)c2)CC1. The van der Waals surface area contributed by atoms with E-state index in [1.807, 2.05) is 0 Å². The molecule has 1 N–H and O–H groups in total. The minimum atomic E-state index is -0.130. The molecule has 0 radical (unpaired) electrons. The van der Waals surface area contributed by atoms with Crippen molar-refractivity contribution in [2.45, 2.75) is 52.0 Å². The van der Waals surface area contributed by atoms with Gasteiger partial charge in [0.1, 0.15) is 0 Å². The molecule has 1 aliphatic heterocycles. The van der Waals surface area contributed by atoms with E-state index in [1.54, 1.807) is 0 Å². The largest absolute Gasteiger partial charge is 0.353 e. The second-order valence-electron chi connectivity index (χ2n) is 7.75. The summed E-state index contributed by atoms with van der Waals surface area (Å²) in [5, 5.41) is 3.41. The fourth-order valence-corrected chi connectivity index (χ4v) is 3.99. The number of piperidine rings is 1. The highest BCUT2D eigenvalue weighted by Crippen LogP contribution is 2.49. The Morgan fingerprint density at radius 3 is 2.83 bits per heavy atom. The van der Waals surface area contributed by atoms with Gasteiger partial charge in [-0.2, -0.15) is 0 Å². The molecule has 0 spiro atoms. The molecular weight excluding hydrogens is 284 g/mol. The number of rotatable bonds is 5. The molecule has 0 unspecified atom stereocenters. The number of nitrogens with zero attached hydrogens (tertiary/aromatic N) is 1. The Balaban J connectivity index is 1.63. The van der Waals surface area contributed by atoms with Crippen LogP contribution >= 0.6 is 0 Å². The van der Waals surface area contributed by atoms with Gasteiger partial charge in [0.25, 0.3) is 0 Å². The summed E-state index contributed by atoms with van der Waals surface area (Å²) in [7, 11) is 2.18. The van der Waals surface area contributed by atoms with Crippen LogP contribution in [0.1, 0.15) is 43.7 Å². The van der Waals surface area contributed by atoms with E-state index in [9.17, 15) is 4.79 Å². The molecule has 1 amide bonds. The Kier molecular flexibility index (Phi) is 4.77. The molecule has 23 heavy (non-hydrogen) atoms. The van der Waals surface area contributed by atoms with E-state index in [4.69, 9.17) is 0 Å². The van der Waals surface area contributed by atoms with Gasteiger partial charge in [0.15, 0.2) is 0 Å². The Bertz CT molecular complexity index is 565. The van der Waals surface area contributed by atoms with Gasteiger partial charge in [-0.25, -0.2) is 0 Å². The van der Waals surface area contributed by atoms with Crippen molar-refractivity contribution >= 4 is 5.91 Å². The van der Waals surface area contributed by atoms with Crippen LogP contribution in [0.25, 0.3) is 0 Å². The summed E-state index contributed by atoms with van der Waals surface area (Å²) in [4.78, 5) is 15.3. The maximum Gasteiger partial charge on any atom is 0.226 e. The predicted molar refractivity (Wildman–Crippen MR) is 94.4 cm³/mol. The van der Waals surface area contributed by atoms with Crippen LogP contribution in [0.4, 0.5) is 0 Å². The zero-order chi connectivity index (χ0) is 16.4. The first-order chi connectivity index (χ1) is 11.0. The van der Waals surface area contributed by atoms with E-state index < -0.39 is 0 Å². The van der Waals surface area contributed by atoms with Gasteiger partial charge in [-0.15, -0.1) is 0 Å². The van der Waals surface area contributed by atoms with E-state index in [2.05, 4.69) is 55.4 Å². The van der Waals surface area contributed by atoms with E-state index in [0.717, 1.165) is 45.2 Å². The molecule has 126 valence electrons. The summed E-state index contributed by atoms with van der Waals surface area (Å²) in [5.74, 6) is 0.888. The van der Waals surface area contributed by atoms with E-state index in [0.29, 0.717) is 17.9 Å². The third-order valence-corrected chi connectivity index (χ3v) is 5.74. The van der Waals surface area contributed by atoms with Crippen LogP contribution in [0.5, 0.6) is 0 Å². The standard InChI is InChI=1S/C20H30N2O/c1-4-17-14-22(3)11-8-18(17)21-19(23)20(9-10-20)13-16-7-5-6-15(2)12-16/h5-7,12,17-18H,4,8-11,13-14H2,1-3H3,(H,21,23)/t17-,18-/m1/s1. The fraction of sp³-hybridized carbons (Fsp3) is 0.650. The second kappa shape index (κ2) is 6.64. The molecule has 1 aromatic carbocycles. The molecule has 3 heteroatoms. The highest BCUT2D eigenvalue weighted by Gasteiger charge is 2.50. The molecule has 1 saturated heterocycles. The number of benzene rings is 1. The van der Waals surface area contributed by atoms with Gasteiger partial charge in [-0.05, 0) is 57.7 Å². The van der Waals surface area contributed by atoms with Crippen LogP contribution in [0.2, 0.25) is 0 Å². The molecule has 0 bridgehead atoms. The van der Waals surface area contributed by atoms with Crippen molar-refractivity contribution in [2.24, 2.45) is 11.3 Å². The van der Waals surface area contributed by atoms with Crippen LogP contribution in [-0.2, 0) is 11.2 Å². The van der Waals surface area contributed by atoms with Crippen molar-refractivity contribution in [1.82, 2.24) is 10.2 Å². The number of likely N-dealkylation sites (tertiary alicyclic amines) is 1. The van der Waals surface area contributed by atoms with Crippen LogP contribution in [0.3, 0.4) is 0 Å². The molecule has 1 aromatic rings. The van der Waals surface area contributed by atoms with Crippen molar-refractivity contribution in [3.63, 3.8) is 0 Å². The molecule has 1 heterocycles. The van der Waals surface area contributed by atoms with E-state index in [1.165, 1.54) is 11.1 Å². The van der Waals surface area contributed by atoms with Gasteiger partial charge in [-0.1, -0.05) is 43.2 Å². The third-order valence-electron chi connectivity index (χ3n) is 5.74. The summed E-state index contributed by atoms with van der Waals surface area (Å²) < 4.78 is 0. The molecule has 0 aromatic heterocycles.